The number of nitrogens with two attached hydrogens (primary N) is 1. The van der Waals surface area contributed by atoms with Gasteiger partial charge in [0.2, 0.25) is 0 Å². The van der Waals surface area contributed by atoms with Gasteiger partial charge in [-0.05, 0) is 19.1 Å². The number of nitrogens with zero attached hydrogens (tertiary/aromatic N) is 2. The Hall–Kier alpha value is -2.46. The molecule has 0 spiro atoms. The maximum atomic E-state index is 15.0. The van der Waals surface area contributed by atoms with Gasteiger partial charge in [-0.25, -0.2) is 18.1 Å². The maximum absolute atomic E-state index is 15.0. The van der Waals surface area contributed by atoms with Crippen LogP contribution in [0.4, 0.5) is 14.6 Å². The highest BCUT2D eigenvalue weighted by atomic mass is 31.1. The molecule has 2 unspecified atom stereocenters. The van der Waals surface area contributed by atoms with Crippen LogP contribution in [-0.2, 0) is 13.8 Å². The number of aliphatic hydroxyl groups is 1. The third kappa shape index (κ3) is 4.02. The highest BCUT2D eigenvalue weighted by Gasteiger charge is 2.56. The minimum absolute atomic E-state index is 0.291. The van der Waals surface area contributed by atoms with E-state index in [-0.39, 0.29) is 0 Å². The maximum Gasteiger partial charge on any atom is 0.750 e. The van der Waals surface area contributed by atoms with Crippen molar-refractivity contribution in [1.82, 2.24) is 9.55 Å². The molecule has 1 aromatic carbocycles. The molecule has 3 N–H and O–H groups in total. The Labute approximate surface area is 158 Å². The number of anilines is 1. The zero-order valence-electron chi connectivity index (χ0n) is 14.6. The highest BCUT2D eigenvalue weighted by molar-refractivity contribution is 7.33. The number of alkyl halides is 1. The number of halogens is 2. The second-order valence-corrected chi connectivity index (χ2v) is 7.10. The van der Waals surface area contributed by atoms with Gasteiger partial charge in [0.15, 0.2) is 29.3 Å². The Bertz CT molecular complexity index is 926. The van der Waals surface area contributed by atoms with Gasteiger partial charge in [-0.1, -0.05) is 18.2 Å². The van der Waals surface area contributed by atoms with Gasteiger partial charge in [-0.15, -0.1) is 4.52 Å². The SMILES string of the molecule is CC1(F)[C@@H](O)[C@@H](CO[P+](=O)Oc2ccccc2)O[C@H]1n1cc(F)c(N)nc1=O. The largest absolute Gasteiger partial charge is 0.750 e. The molecule has 2 heterocycles. The first-order valence-corrected chi connectivity index (χ1v) is 9.19. The molecule has 0 aliphatic carbocycles. The van der Waals surface area contributed by atoms with Gasteiger partial charge in [0.05, 0.1) is 6.20 Å². The van der Waals surface area contributed by atoms with Crippen molar-refractivity contribution in [2.75, 3.05) is 12.3 Å². The van der Waals surface area contributed by atoms with Gasteiger partial charge >= 0.3 is 13.9 Å². The van der Waals surface area contributed by atoms with E-state index in [1.54, 1.807) is 30.3 Å². The van der Waals surface area contributed by atoms with Crippen LogP contribution in [0.25, 0.3) is 0 Å². The summed E-state index contributed by atoms with van der Waals surface area (Å²) in [5, 5.41) is 10.2. The molecule has 1 saturated heterocycles. The molecule has 0 radical (unpaired) electrons. The van der Waals surface area contributed by atoms with Crippen molar-refractivity contribution in [3.63, 3.8) is 0 Å². The highest BCUT2D eigenvalue weighted by Crippen LogP contribution is 2.41. The first-order valence-electron chi connectivity index (χ1n) is 8.10. The number of hydrogen-bond acceptors (Lipinski definition) is 8. The number of para-hydroxylation sites is 1. The van der Waals surface area contributed by atoms with E-state index in [2.05, 4.69) is 4.98 Å². The molecule has 9 nitrogen and oxygen atoms in total. The molecule has 5 atom stereocenters. The molecular weight excluding hydrogens is 399 g/mol. The molecule has 28 heavy (non-hydrogen) atoms. The lowest BCUT2D eigenvalue weighted by molar-refractivity contribution is -0.0589. The van der Waals surface area contributed by atoms with Gasteiger partial charge in [0.25, 0.3) is 0 Å². The van der Waals surface area contributed by atoms with E-state index in [1.165, 1.54) is 0 Å². The zero-order valence-corrected chi connectivity index (χ0v) is 15.5. The molecule has 150 valence electrons. The minimum Gasteiger partial charge on any atom is -0.387 e. The number of nitrogen functional groups attached to an aromatic ring is 1. The van der Waals surface area contributed by atoms with Crippen molar-refractivity contribution < 1.29 is 32.2 Å². The number of aromatic nitrogens is 2. The van der Waals surface area contributed by atoms with Crippen LogP contribution in [0.1, 0.15) is 13.2 Å². The lowest BCUT2D eigenvalue weighted by Gasteiger charge is -2.24. The Kier molecular flexibility index (Phi) is 5.71. The van der Waals surface area contributed by atoms with E-state index in [1.807, 2.05) is 0 Å². The lowest BCUT2D eigenvalue weighted by Crippen LogP contribution is -2.43. The number of aliphatic hydroxyl groups excluding tert-OH is 1. The smallest absolute Gasteiger partial charge is 0.387 e. The molecule has 1 aromatic heterocycles. The third-order valence-electron chi connectivity index (χ3n) is 4.17. The second-order valence-electron chi connectivity index (χ2n) is 6.21. The summed E-state index contributed by atoms with van der Waals surface area (Å²) in [7, 11) is -2.63. The molecule has 2 aromatic rings. The normalized spacial score (nSPS) is 27.6. The summed E-state index contributed by atoms with van der Waals surface area (Å²) in [4.78, 5) is 15.2. The topological polar surface area (TPSA) is 126 Å². The average molecular weight is 416 g/mol. The fraction of sp³-hybridized carbons (Fsp3) is 0.375. The summed E-state index contributed by atoms with van der Waals surface area (Å²) >= 11 is 0. The summed E-state index contributed by atoms with van der Waals surface area (Å²) in [6.07, 6.45) is -4.11. The van der Waals surface area contributed by atoms with E-state index in [9.17, 15) is 18.9 Å². The number of ether oxygens (including phenoxy) is 1. The molecule has 0 saturated carbocycles. The number of hydrogen-bond donors (Lipinski definition) is 2. The Morgan fingerprint density at radius 1 is 1.43 bits per heavy atom. The fourth-order valence-corrected chi connectivity index (χ4v) is 3.32. The minimum atomic E-state index is -2.63. The van der Waals surface area contributed by atoms with E-state index < -0.39 is 56.3 Å². The Morgan fingerprint density at radius 3 is 2.79 bits per heavy atom. The molecular formula is C16H17F2N3O6P+. The van der Waals surface area contributed by atoms with E-state index in [0.29, 0.717) is 16.5 Å². The van der Waals surface area contributed by atoms with E-state index >= 15 is 4.39 Å². The fourth-order valence-electron chi connectivity index (χ4n) is 2.70. The quantitative estimate of drug-likeness (QED) is 0.682. The first kappa shape index (κ1) is 20.3. The van der Waals surface area contributed by atoms with Crippen LogP contribution in [0.5, 0.6) is 5.75 Å². The van der Waals surface area contributed by atoms with Crippen LogP contribution in [-0.4, -0.2) is 39.1 Å². The standard InChI is InChI=1S/C16H16F2N3O6P/c1-16(18)12(22)11(8-25-28(24)27-9-5-3-2-4-6-9)26-14(16)21-7-10(17)13(19)20-15(21)23/h2-7,11-12,14,22H,8H2,1H3,(H-,19,20,23)/p+1/t11-,12+,14-,16?/m1/s1. The number of benzene rings is 1. The first-order chi connectivity index (χ1) is 13.2. The molecule has 1 aliphatic heterocycles. The van der Waals surface area contributed by atoms with Crippen molar-refractivity contribution in [1.29, 1.82) is 0 Å². The van der Waals surface area contributed by atoms with Gasteiger partial charge in [0.1, 0.15) is 18.8 Å². The van der Waals surface area contributed by atoms with Gasteiger partial charge in [-0.2, -0.15) is 4.98 Å². The Morgan fingerprint density at radius 2 is 2.11 bits per heavy atom. The summed E-state index contributed by atoms with van der Waals surface area (Å²) in [5.74, 6) is -1.40. The molecule has 1 fully saturated rings. The average Bonchev–Trinajstić information content (AvgIpc) is 2.87. The van der Waals surface area contributed by atoms with Crippen molar-refractivity contribution in [3.05, 3.63) is 52.8 Å². The van der Waals surface area contributed by atoms with Gasteiger partial charge in [0, 0.05) is 4.57 Å². The van der Waals surface area contributed by atoms with Crippen LogP contribution < -0.4 is 15.9 Å². The number of rotatable bonds is 6. The monoisotopic (exact) mass is 416 g/mol. The predicted molar refractivity (Wildman–Crippen MR) is 92.9 cm³/mol. The van der Waals surface area contributed by atoms with Crippen LogP contribution >= 0.6 is 8.25 Å². The van der Waals surface area contributed by atoms with Crippen molar-refractivity contribution >= 4 is 14.1 Å². The van der Waals surface area contributed by atoms with E-state index in [4.69, 9.17) is 19.5 Å². The van der Waals surface area contributed by atoms with E-state index in [0.717, 1.165) is 6.92 Å². The molecule has 0 amide bonds. The van der Waals surface area contributed by atoms with Crippen molar-refractivity contribution in [3.8, 4) is 5.75 Å². The summed E-state index contributed by atoms with van der Waals surface area (Å²) in [6, 6.07) is 8.18. The van der Waals surface area contributed by atoms with Crippen LogP contribution in [0.15, 0.2) is 41.3 Å². The van der Waals surface area contributed by atoms with Crippen LogP contribution in [0.3, 0.4) is 0 Å². The molecule has 0 bridgehead atoms. The molecule has 1 aliphatic rings. The second kappa shape index (κ2) is 7.88. The third-order valence-corrected chi connectivity index (χ3v) is 4.89. The Balaban J connectivity index is 1.70. The van der Waals surface area contributed by atoms with Gasteiger partial charge in [-0.3, -0.25) is 4.57 Å². The summed E-state index contributed by atoms with van der Waals surface area (Å²) in [5.41, 5.74) is 1.66. The molecule has 12 heteroatoms. The van der Waals surface area contributed by atoms with Crippen LogP contribution in [0, 0.1) is 5.82 Å². The predicted octanol–water partition coefficient (Wildman–Crippen LogP) is 1.70. The zero-order chi connectivity index (χ0) is 20.5. The summed E-state index contributed by atoms with van der Waals surface area (Å²) in [6.45, 7) is 0.475. The van der Waals surface area contributed by atoms with Crippen molar-refractivity contribution in [2.24, 2.45) is 0 Å². The summed E-state index contributed by atoms with van der Waals surface area (Å²) < 4.78 is 56.5. The molecule has 3 rings (SSSR count). The van der Waals surface area contributed by atoms with Crippen molar-refractivity contribution in [2.45, 2.75) is 31.0 Å². The lowest BCUT2D eigenvalue weighted by atomic mass is 9.98. The van der Waals surface area contributed by atoms with Crippen LogP contribution in [0.2, 0.25) is 0 Å². The van der Waals surface area contributed by atoms with Gasteiger partial charge < -0.3 is 15.6 Å².